The first-order chi connectivity index (χ1) is 14.3. The van der Waals surface area contributed by atoms with E-state index in [9.17, 15) is 14.7 Å². The molecule has 152 valence electrons. The van der Waals surface area contributed by atoms with Crippen molar-refractivity contribution < 1.29 is 9.90 Å². The second kappa shape index (κ2) is 6.40. The fourth-order valence-electron chi connectivity index (χ4n) is 4.46. The molecule has 0 saturated heterocycles. The number of carboxylic acid groups (broad SMARTS) is 1. The number of pyridine rings is 1. The van der Waals surface area contributed by atoms with Crippen LogP contribution in [-0.2, 0) is 6.42 Å². The van der Waals surface area contributed by atoms with E-state index < -0.39 is 11.4 Å². The highest BCUT2D eigenvalue weighted by Crippen LogP contribution is 2.47. The van der Waals surface area contributed by atoms with Crippen molar-refractivity contribution in [3.8, 4) is 22.4 Å². The minimum Gasteiger partial charge on any atom is -0.477 e. The molecule has 0 radical (unpaired) electrons. The predicted molar refractivity (Wildman–Crippen MR) is 118 cm³/mol. The number of aromatic nitrogens is 3. The van der Waals surface area contributed by atoms with Gasteiger partial charge in [0.15, 0.2) is 5.43 Å². The Morgan fingerprint density at radius 3 is 2.77 bits per heavy atom. The summed E-state index contributed by atoms with van der Waals surface area (Å²) in [4.78, 5) is 24.3. The van der Waals surface area contributed by atoms with Gasteiger partial charge in [0.05, 0.1) is 11.9 Å². The highest BCUT2D eigenvalue weighted by atomic mass is 32.1. The average Bonchev–Trinajstić information content (AvgIpc) is 3.37. The number of carboxylic acids is 1. The van der Waals surface area contributed by atoms with Crippen LogP contribution in [-0.4, -0.2) is 25.8 Å². The standard InChI is InChI=1S/C23H21N3O3S/c1-23(2,3)20-7-15-13-4-5-30-21(13)14(12-9-24-25-10-12)6-16(15)18-8-19(27)17(22(28)29)11-26(18)20/h4-6,8-11,20H,7H2,1-3H3,(H,24,25)(H,28,29)/t20-/m0/s1. The number of H-pyrrole nitrogens is 1. The molecule has 0 amide bonds. The first-order valence-electron chi connectivity index (χ1n) is 9.78. The Morgan fingerprint density at radius 2 is 2.10 bits per heavy atom. The molecule has 1 aromatic carbocycles. The minimum absolute atomic E-state index is 0.0292. The Hall–Kier alpha value is -3.19. The lowest BCUT2D eigenvalue weighted by Gasteiger charge is -2.39. The Labute approximate surface area is 176 Å². The second-order valence-electron chi connectivity index (χ2n) is 8.84. The third-order valence-electron chi connectivity index (χ3n) is 5.98. The van der Waals surface area contributed by atoms with Gasteiger partial charge in [-0.05, 0) is 40.3 Å². The van der Waals surface area contributed by atoms with Gasteiger partial charge < -0.3 is 9.67 Å². The summed E-state index contributed by atoms with van der Waals surface area (Å²) in [6.07, 6.45) is 5.95. The van der Waals surface area contributed by atoms with E-state index in [1.807, 2.05) is 10.8 Å². The number of hydrogen-bond donors (Lipinski definition) is 2. The zero-order valence-electron chi connectivity index (χ0n) is 16.9. The molecule has 1 aliphatic heterocycles. The smallest absolute Gasteiger partial charge is 0.341 e. The molecule has 7 heteroatoms. The molecule has 5 rings (SSSR count). The van der Waals surface area contributed by atoms with Crippen LogP contribution in [0.15, 0.2) is 47.0 Å². The van der Waals surface area contributed by atoms with E-state index >= 15 is 0 Å². The molecular formula is C23H21N3O3S. The number of nitrogens with one attached hydrogen (secondary N) is 1. The molecule has 4 heterocycles. The Balaban J connectivity index is 1.88. The van der Waals surface area contributed by atoms with Gasteiger partial charge in [0.1, 0.15) is 5.56 Å². The zero-order chi connectivity index (χ0) is 21.2. The highest BCUT2D eigenvalue weighted by Gasteiger charge is 2.34. The van der Waals surface area contributed by atoms with E-state index in [0.717, 1.165) is 28.8 Å². The fraction of sp³-hybridized carbons (Fsp3) is 0.261. The van der Waals surface area contributed by atoms with Crippen molar-refractivity contribution in [2.45, 2.75) is 33.2 Å². The molecule has 30 heavy (non-hydrogen) atoms. The molecule has 1 atom stereocenters. The maximum atomic E-state index is 12.6. The number of nitrogens with zero attached hydrogens (tertiary/aromatic N) is 2. The molecule has 0 fully saturated rings. The number of hydrogen-bond acceptors (Lipinski definition) is 4. The lowest BCUT2D eigenvalue weighted by atomic mass is 9.77. The Bertz CT molecular complexity index is 1360. The normalized spacial score (nSPS) is 15.8. The van der Waals surface area contributed by atoms with Crippen LogP contribution >= 0.6 is 11.3 Å². The lowest BCUT2D eigenvalue weighted by molar-refractivity contribution is 0.0693. The molecule has 1 aliphatic rings. The summed E-state index contributed by atoms with van der Waals surface area (Å²) in [5, 5.41) is 19.8. The molecule has 0 bridgehead atoms. The molecule has 2 N–H and O–H groups in total. The zero-order valence-corrected chi connectivity index (χ0v) is 17.7. The number of carbonyl (C=O) groups is 1. The summed E-state index contributed by atoms with van der Waals surface area (Å²) >= 11 is 1.70. The van der Waals surface area contributed by atoms with Gasteiger partial charge in [-0.25, -0.2) is 4.79 Å². The Morgan fingerprint density at radius 1 is 1.30 bits per heavy atom. The van der Waals surface area contributed by atoms with Crippen molar-refractivity contribution in [3.05, 3.63) is 63.5 Å². The summed E-state index contributed by atoms with van der Waals surface area (Å²) in [6, 6.07) is 5.77. The van der Waals surface area contributed by atoms with Gasteiger partial charge in [-0.15, -0.1) is 11.3 Å². The largest absolute Gasteiger partial charge is 0.477 e. The van der Waals surface area contributed by atoms with Crippen LogP contribution in [0.4, 0.5) is 0 Å². The number of fused-ring (bicyclic) bond motifs is 5. The van der Waals surface area contributed by atoms with Crippen molar-refractivity contribution in [2.24, 2.45) is 5.41 Å². The summed E-state index contributed by atoms with van der Waals surface area (Å²) < 4.78 is 3.19. The number of aromatic amines is 1. The summed E-state index contributed by atoms with van der Waals surface area (Å²) in [5.74, 6) is -1.19. The third kappa shape index (κ3) is 2.73. The number of thiophene rings is 1. The Kier molecular flexibility index (Phi) is 4.02. The van der Waals surface area contributed by atoms with E-state index in [1.54, 1.807) is 17.5 Å². The van der Waals surface area contributed by atoms with Crippen molar-refractivity contribution in [1.82, 2.24) is 14.8 Å². The molecule has 6 nitrogen and oxygen atoms in total. The maximum Gasteiger partial charge on any atom is 0.341 e. The van der Waals surface area contributed by atoms with Crippen LogP contribution in [0.5, 0.6) is 0 Å². The van der Waals surface area contributed by atoms with Gasteiger partial charge in [-0.3, -0.25) is 9.89 Å². The molecule has 0 unspecified atom stereocenters. The molecule has 3 aromatic heterocycles. The summed E-state index contributed by atoms with van der Waals surface area (Å²) in [7, 11) is 0. The second-order valence-corrected chi connectivity index (χ2v) is 9.75. The van der Waals surface area contributed by atoms with E-state index in [4.69, 9.17) is 0 Å². The van der Waals surface area contributed by atoms with Crippen LogP contribution < -0.4 is 5.43 Å². The average molecular weight is 420 g/mol. The summed E-state index contributed by atoms with van der Waals surface area (Å²) in [5.41, 5.74) is 4.22. The van der Waals surface area contributed by atoms with Crippen LogP contribution in [0, 0.1) is 5.41 Å². The number of benzene rings is 1. The van der Waals surface area contributed by atoms with Gasteiger partial charge in [-0.1, -0.05) is 20.8 Å². The van der Waals surface area contributed by atoms with Crippen LogP contribution in [0.1, 0.15) is 42.7 Å². The van der Waals surface area contributed by atoms with Gasteiger partial charge in [0.25, 0.3) is 0 Å². The quantitative estimate of drug-likeness (QED) is 0.481. The van der Waals surface area contributed by atoms with E-state index in [0.29, 0.717) is 0 Å². The fourth-order valence-corrected chi connectivity index (χ4v) is 5.42. The molecule has 4 aromatic rings. The van der Waals surface area contributed by atoms with E-state index in [2.05, 4.69) is 48.5 Å². The van der Waals surface area contributed by atoms with Gasteiger partial charge in [-0.2, -0.15) is 5.10 Å². The lowest BCUT2D eigenvalue weighted by Crippen LogP contribution is -2.32. The molecule has 0 aliphatic carbocycles. The summed E-state index contributed by atoms with van der Waals surface area (Å²) in [6.45, 7) is 6.45. The molecule has 0 saturated carbocycles. The van der Waals surface area contributed by atoms with E-state index in [-0.39, 0.29) is 17.0 Å². The minimum atomic E-state index is -1.19. The van der Waals surface area contributed by atoms with Crippen molar-refractivity contribution in [3.63, 3.8) is 0 Å². The van der Waals surface area contributed by atoms with E-state index in [1.165, 1.54) is 27.9 Å². The molecular weight excluding hydrogens is 398 g/mol. The highest BCUT2D eigenvalue weighted by molar-refractivity contribution is 7.17. The van der Waals surface area contributed by atoms with Gasteiger partial charge in [0.2, 0.25) is 0 Å². The van der Waals surface area contributed by atoms with Crippen LogP contribution in [0.25, 0.3) is 32.5 Å². The van der Waals surface area contributed by atoms with Crippen molar-refractivity contribution in [1.29, 1.82) is 0 Å². The number of aromatic carboxylic acids is 1. The van der Waals surface area contributed by atoms with Crippen molar-refractivity contribution >= 4 is 27.4 Å². The molecule has 0 spiro atoms. The maximum absolute atomic E-state index is 12.6. The van der Waals surface area contributed by atoms with Crippen LogP contribution in [0.3, 0.4) is 0 Å². The first-order valence-corrected chi connectivity index (χ1v) is 10.7. The van der Waals surface area contributed by atoms with Crippen LogP contribution in [0.2, 0.25) is 0 Å². The third-order valence-corrected chi connectivity index (χ3v) is 6.92. The monoisotopic (exact) mass is 419 g/mol. The van der Waals surface area contributed by atoms with Crippen molar-refractivity contribution in [2.75, 3.05) is 0 Å². The van der Waals surface area contributed by atoms with Gasteiger partial charge >= 0.3 is 5.97 Å². The topological polar surface area (TPSA) is 88.0 Å². The van der Waals surface area contributed by atoms with Gasteiger partial charge in [0, 0.05) is 45.9 Å². The predicted octanol–water partition coefficient (Wildman–Crippen LogP) is 4.96. The first kappa shape index (κ1) is 18.8. The number of rotatable bonds is 2. The SMILES string of the molecule is CC(C)(C)[C@@H]1Cc2c(cc(-c3cn[nH]c3)c3sccc23)-c2cc(=O)c(C(=O)O)cn21.